The van der Waals surface area contributed by atoms with E-state index in [4.69, 9.17) is 0 Å². The predicted molar refractivity (Wildman–Crippen MR) is 129 cm³/mol. The fraction of sp³-hybridized carbons (Fsp3) is 0.577. The number of fused-ring (bicyclic) bond motifs is 1. The minimum atomic E-state index is -4.41. The maximum atomic E-state index is 13.7. The third-order valence-electron chi connectivity index (χ3n) is 7.82. The lowest BCUT2D eigenvalue weighted by Gasteiger charge is -2.39. The molecule has 2 saturated heterocycles. The largest absolute Gasteiger partial charge is 0.416 e. The third-order valence-corrected chi connectivity index (χ3v) is 7.82. The Hall–Kier alpha value is -2.72. The van der Waals surface area contributed by atoms with Crippen LogP contribution >= 0.6 is 0 Å². The van der Waals surface area contributed by atoms with E-state index in [9.17, 15) is 23.1 Å². The molecule has 0 radical (unpaired) electrons. The van der Waals surface area contributed by atoms with Crippen molar-refractivity contribution in [2.75, 3.05) is 37.6 Å². The first-order valence-corrected chi connectivity index (χ1v) is 12.6. The number of halogens is 3. The van der Waals surface area contributed by atoms with E-state index in [0.717, 1.165) is 42.9 Å². The fourth-order valence-electron chi connectivity index (χ4n) is 6.07. The molecule has 1 amide bonds. The van der Waals surface area contributed by atoms with Gasteiger partial charge in [0, 0.05) is 37.8 Å². The molecule has 5 rings (SSSR count). The van der Waals surface area contributed by atoms with Gasteiger partial charge in [-0.1, -0.05) is 19.1 Å². The molecule has 10 heteroatoms. The quantitative estimate of drug-likeness (QED) is 0.666. The number of alkyl halides is 3. The molecule has 3 aliphatic rings. The molecule has 1 aromatic carbocycles. The van der Waals surface area contributed by atoms with E-state index in [1.54, 1.807) is 6.92 Å². The first kappa shape index (κ1) is 25.0. The van der Waals surface area contributed by atoms with Crippen molar-refractivity contribution in [2.24, 2.45) is 0 Å². The number of carbonyl (C=O) groups is 1. The zero-order valence-corrected chi connectivity index (χ0v) is 20.6. The van der Waals surface area contributed by atoms with Gasteiger partial charge in [0.1, 0.15) is 17.7 Å². The van der Waals surface area contributed by atoms with Crippen molar-refractivity contribution >= 4 is 11.7 Å². The molecule has 2 aromatic rings. The molecular weight excluding hydrogens is 471 g/mol. The van der Waals surface area contributed by atoms with Crippen LogP contribution in [-0.2, 0) is 16.6 Å². The molecule has 1 aromatic heterocycles. The van der Waals surface area contributed by atoms with Gasteiger partial charge in [0.15, 0.2) is 0 Å². The van der Waals surface area contributed by atoms with Crippen LogP contribution in [0.2, 0.25) is 0 Å². The zero-order valence-electron chi connectivity index (χ0n) is 20.6. The van der Waals surface area contributed by atoms with Crippen LogP contribution in [0.15, 0.2) is 30.6 Å². The maximum Gasteiger partial charge on any atom is 0.416 e. The second kappa shape index (κ2) is 9.30. The second-order valence-corrected chi connectivity index (χ2v) is 10.5. The van der Waals surface area contributed by atoms with Crippen LogP contribution in [0.3, 0.4) is 0 Å². The lowest BCUT2D eigenvalue weighted by Crippen LogP contribution is -2.52. The van der Waals surface area contributed by atoms with Crippen molar-refractivity contribution in [3.05, 3.63) is 53.0 Å². The predicted octanol–water partition coefficient (Wildman–Crippen LogP) is 3.39. The van der Waals surface area contributed by atoms with E-state index in [-0.39, 0.29) is 17.9 Å². The minimum Gasteiger partial charge on any atom is -0.384 e. The second-order valence-electron chi connectivity index (χ2n) is 10.5. The minimum absolute atomic E-state index is 0.0574. The van der Waals surface area contributed by atoms with E-state index in [2.05, 4.69) is 27.1 Å². The fourth-order valence-corrected chi connectivity index (χ4v) is 6.07. The third kappa shape index (κ3) is 4.56. The van der Waals surface area contributed by atoms with Crippen molar-refractivity contribution in [1.29, 1.82) is 0 Å². The highest BCUT2D eigenvalue weighted by Crippen LogP contribution is 2.46. The van der Waals surface area contributed by atoms with E-state index in [1.807, 2.05) is 4.90 Å². The number of nitrogens with zero attached hydrogens (tertiary/aromatic N) is 4. The molecule has 4 atom stereocenters. The molecule has 7 nitrogen and oxygen atoms in total. The van der Waals surface area contributed by atoms with Gasteiger partial charge in [0.2, 0.25) is 5.91 Å². The molecule has 0 bridgehead atoms. The van der Waals surface area contributed by atoms with Gasteiger partial charge in [0.05, 0.1) is 17.2 Å². The summed E-state index contributed by atoms with van der Waals surface area (Å²) in [5.41, 5.74) is 0.566. The molecule has 1 aliphatic carbocycles. The van der Waals surface area contributed by atoms with Crippen molar-refractivity contribution in [2.45, 2.75) is 62.8 Å². The highest BCUT2D eigenvalue weighted by molar-refractivity contribution is 5.85. The van der Waals surface area contributed by atoms with E-state index in [0.29, 0.717) is 43.9 Å². The number of anilines is 1. The topological polar surface area (TPSA) is 81.6 Å². The smallest absolute Gasteiger partial charge is 0.384 e. The summed E-state index contributed by atoms with van der Waals surface area (Å²) in [6.07, 6.45) is -0.585. The molecule has 0 spiro atoms. The number of benzene rings is 1. The number of rotatable bonds is 4. The van der Waals surface area contributed by atoms with E-state index in [1.165, 1.54) is 18.5 Å². The zero-order chi connectivity index (χ0) is 25.7. The average molecular weight is 504 g/mol. The van der Waals surface area contributed by atoms with Crippen LogP contribution < -0.4 is 10.2 Å². The Bertz CT molecular complexity index is 1110. The first-order chi connectivity index (χ1) is 17.1. The number of carbonyl (C=O) groups excluding carboxylic acids is 1. The van der Waals surface area contributed by atoms with Crippen LogP contribution in [-0.4, -0.2) is 64.6 Å². The van der Waals surface area contributed by atoms with Crippen LogP contribution in [0.25, 0.3) is 0 Å². The average Bonchev–Trinajstić information content (AvgIpc) is 3.45. The summed E-state index contributed by atoms with van der Waals surface area (Å²) in [6, 6.07) is 4.92. The standard InChI is InChI=1S/C26H32F3N5O2/c1-16-14-25(2,36)22-20(16)23(32-15-31-22)33-10-12-34(13-11-33)24(35)21(19-4-3-9-30-19)17-5-7-18(8-6-17)26(27,28)29/h5-8,15-16,19,21,30,36H,3-4,9-14H2,1-2H3/t16-,19+,21+,25-/m1/s1. The van der Waals surface area contributed by atoms with Gasteiger partial charge in [-0.15, -0.1) is 0 Å². The molecular formula is C26H32F3N5O2. The summed E-state index contributed by atoms with van der Waals surface area (Å²) in [7, 11) is 0. The van der Waals surface area contributed by atoms with Crippen molar-refractivity contribution in [3.63, 3.8) is 0 Å². The van der Waals surface area contributed by atoms with Crippen molar-refractivity contribution in [1.82, 2.24) is 20.2 Å². The number of hydrogen-bond donors (Lipinski definition) is 2. The van der Waals surface area contributed by atoms with Crippen molar-refractivity contribution < 1.29 is 23.1 Å². The number of hydrogen-bond acceptors (Lipinski definition) is 6. The lowest BCUT2D eigenvalue weighted by atomic mass is 9.88. The van der Waals surface area contributed by atoms with E-state index >= 15 is 0 Å². The number of amides is 1. The van der Waals surface area contributed by atoms with E-state index < -0.39 is 23.3 Å². The SMILES string of the molecule is C[C@@H]1C[C@@](C)(O)c2ncnc(N3CCN(C(=O)[C@@H](c4ccc(C(F)(F)F)cc4)[C@@H]4CCCN4)CC3)c21. The molecule has 0 unspecified atom stereocenters. The number of aliphatic hydroxyl groups is 1. The summed E-state index contributed by atoms with van der Waals surface area (Å²) in [4.78, 5) is 26.6. The van der Waals surface area contributed by atoms with Gasteiger partial charge >= 0.3 is 6.18 Å². The molecule has 36 heavy (non-hydrogen) atoms. The summed E-state index contributed by atoms with van der Waals surface area (Å²) < 4.78 is 39.2. The van der Waals surface area contributed by atoms with Crippen LogP contribution in [0.5, 0.6) is 0 Å². The highest BCUT2D eigenvalue weighted by atomic mass is 19.4. The summed E-state index contributed by atoms with van der Waals surface area (Å²) in [5.74, 6) is 0.357. The molecule has 2 N–H and O–H groups in total. The monoisotopic (exact) mass is 503 g/mol. The Morgan fingerprint density at radius 1 is 1.17 bits per heavy atom. The lowest BCUT2D eigenvalue weighted by molar-refractivity contribution is -0.137. The number of nitrogens with one attached hydrogen (secondary N) is 1. The Morgan fingerprint density at radius 3 is 2.47 bits per heavy atom. The summed E-state index contributed by atoms with van der Waals surface area (Å²) in [6.45, 7) is 6.79. The van der Waals surface area contributed by atoms with Crippen molar-refractivity contribution in [3.8, 4) is 0 Å². The molecule has 2 fully saturated rings. The van der Waals surface area contributed by atoms with Gasteiger partial charge in [-0.25, -0.2) is 9.97 Å². The first-order valence-electron chi connectivity index (χ1n) is 12.6. The Labute approximate surface area is 208 Å². The van der Waals surface area contributed by atoms with Gasteiger partial charge in [-0.2, -0.15) is 13.2 Å². The van der Waals surface area contributed by atoms with Crippen LogP contribution in [0.4, 0.5) is 19.0 Å². The number of aromatic nitrogens is 2. The van der Waals surface area contributed by atoms with Crippen LogP contribution in [0.1, 0.15) is 67.3 Å². The maximum absolute atomic E-state index is 13.7. The Balaban J connectivity index is 1.33. The molecule has 194 valence electrons. The normalized spacial score (nSPS) is 27.3. The molecule has 2 aliphatic heterocycles. The summed E-state index contributed by atoms with van der Waals surface area (Å²) >= 11 is 0. The van der Waals surface area contributed by atoms with Gasteiger partial charge in [-0.3, -0.25) is 4.79 Å². The van der Waals surface area contributed by atoms with Crippen LogP contribution in [0, 0.1) is 0 Å². The van der Waals surface area contributed by atoms with Gasteiger partial charge in [0.25, 0.3) is 0 Å². The number of piperazine rings is 1. The highest BCUT2D eigenvalue weighted by Gasteiger charge is 2.42. The van der Waals surface area contributed by atoms with Gasteiger partial charge < -0.3 is 20.2 Å². The molecule has 0 saturated carbocycles. The van der Waals surface area contributed by atoms with Gasteiger partial charge in [-0.05, 0) is 56.3 Å². The molecule has 3 heterocycles. The Kier molecular flexibility index (Phi) is 6.45. The summed E-state index contributed by atoms with van der Waals surface area (Å²) in [5, 5.41) is 14.1. The Morgan fingerprint density at radius 2 is 1.86 bits per heavy atom.